The Morgan fingerprint density at radius 3 is 2.37 bits per heavy atom. The highest BCUT2D eigenvalue weighted by Crippen LogP contribution is 2.18. The van der Waals surface area contributed by atoms with E-state index in [-0.39, 0.29) is 5.78 Å². The molecule has 0 spiro atoms. The summed E-state index contributed by atoms with van der Waals surface area (Å²) in [6.45, 7) is 6.47. The van der Waals surface area contributed by atoms with Crippen LogP contribution in [0.4, 0.5) is 0 Å². The van der Waals surface area contributed by atoms with E-state index in [0.29, 0.717) is 0 Å². The third-order valence-corrected chi connectivity index (χ3v) is 3.33. The molecule has 19 heavy (non-hydrogen) atoms. The molecule has 3 nitrogen and oxygen atoms in total. The van der Waals surface area contributed by atoms with Crippen molar-refractivity contribution in [3.8, 4) is 0 Å². The van der Waals surface area contributed by atoms with Crippen LogP contribution in [-0.4, -0.2) is 15.6 Å². The van der Waals surface area contributed by atoms with Gasteiger partial charge in [-0.05, 0) is 25.3 Å². The molecule has 0 N–H and O–H groups in total. The van der Waals surface area contributed by atoms with Gasteiger partial charge in [-0.3, -0.25) is 9.48 Å². The lowest BCUT2D eigenvalue weighted by Gasteiger charge is -2.06. The lowest BCUT2D eigenvalue weighted by atomic mass is 10.1. The van der Waals surface area contributed by atoms with Crippen LogP contribution in [0.2, 0.25) is 0 Å². The van der Waals surface area contributed by atoms with Gasteiger partial charge in [0.2, 0.25) is 0 Å². The molecule has 0 bridgehead atoms. The van der Waals surface area contributed by atoms with Gasteiger partial charge in [-0.2, -0.15) is 5.10 Å². The number of aryl methyl sites for hydroxylation is 1. The molecule has 0 fully saturated rings. The van der Waals surface area contributed by atoms with Crippen LogP contribution in [0.3, 0.4) is 0 Å². The molecule has 1 heterocycles. The summed E-state index contributed by atoms with van der Waals surface area (Å²) in [6.07, 6.45) is 1.62. The second-order valence-electron chi connectivity index (χ2n) is 4.67. The molecular formula is C16H20N2O. The SMILES string of the molecule is CCc1nn(Cc2ccccc2)c(CC)c1C(C)=O. The molecule has 2 aromatic rings. The van der Waals surface area contributed by atoms with Gasteiger partial charge in [0, 0.05) is 5.69 Å². The second-order valence-corrected chi connectivity index (χ2v) is 4.67. The van der Waals surface area contributed by atoms with Gasteiger partial charge in [-0.25, -0.2) is 0 Å². The lowest BCUT2D eigenvalue weighted by Crippen LogP contribution is -2.07. The fourth-order valence-corrected chi connectivity index (χ4v) is 2.45. The molecule has 0 amide bonds. The van der Waals surface area contributed by atoms with E-state index in [1.807, 2.05) is 29.8 Å². The van der Waals surface area contributed by atoms with E-state index in [1.54, 1.807) is 6.92 Å². The predicted octanol–water partition coefficient (Wildman–Crippen LogP) is 3.26. The highest BCUT2D eigenvalue weighted by Gasteiger charge is 2.18. The van der Waals surface area contributed by atoms with Crippen molar-refractivity contribution >= 4 is 5.78 Å². The minimum absolute atomic E-state index is 0.119. The summed E-state index contributed by atoms with van der Waals surface area (Å²) in [5.41, 5.74) is 3.99. The summed E-state index contributed by atoms with van der Waals surface area (Å²) in [4.78, 5) is 11.8. The molecule has 0 saturated carbocycles. The highest BCUT2D eigenvalue weighted by atomic mass is 16.1. The summed E-state index contributed by atoms with van der Waals surface area (Å²) in [5, 5.41) is 4.61. The topological polar surface area (TPSA) is 34.9 Å². The van der Waals surface area contributed by atoms with Crippen molar-refractivity contribution in [2.45, 2.75) is 40.2 Å². The number of hydrogen-bond acceptors (Lipinski definition) is 2. The number of nitrogens with zero attached hydrogens (tertiary/aromatic N) is 2. The molecule has 0 aliphatic heterocycles. The molecule has 0 radical (unpaired) electrons. The van der Waals surface area contributed by atoms with E-state index in [1.165, 1.54) is 5.56 Å². The zero-order chi connectivity index (χ0) is 13.8. The fraction of sp³-hybridized carbons (Fsp3) is 0.375. The number of carbonyl (C=O) groups is 1. The van der Waals surface area contributed by atoms with Crippen LogP contribution in [0.25, 0.3) is 0 Å². The quantitative estimate of drug-likeness (QED) is 0.770. The number of aromatic nitrogens is 2. The molecule has 100 valence electrons. The van der Waals surface area contributed by atoms with Crippen LogP contribution in [-0.2, 0) is 19.4 Å². The van der Waals surface area contributed by atoms with Crippen LogP contribution in [0, 0.1) is 0 Å². The highest BCUT2D eigenvalue weighted by molar-refractivity contribution is 5.96. The molecule has 0 unspecified atom stereocenters. The predicted molar refractivity (Wildman–Crippen MR) is 76.5 cm³/mol. The smallest absolute Gasteiger partial charge is 0.163 e. The number of carbonyl (C=O) groups excluding carboxylic acids is 1. The van der Waals surface area contributed by atoms with E-state index in [4.69, 9.17) is 0 Å². The van der Waals surface area contributed by atoms with Gasteiger partial charge in [-0.1, -0.05) is 44.2 Å². The van der Waals surface area contributed by atoms with Crippen molar-refractivity contribution in [2.75, 3.05) is 0 Å². The Morgan fingerprint density at radius 2 is 1.84 bits per heavy atom. The fourth-order valence-electron chi connectivity index (χ4n) is 2.45. The van der Waals surface area contributed by atoms with Crippen LogP contribution in [0.5, 0.6) is 0 Å². The number of ketones is 1. The second kappa shape index (κ2) is 5.83. The van der Waals surface area contributed by atoms with Crippen LogP contribution in [0.15, 0.2) is 30.3 Å². The van der Waals surface area contributed by atoms with Gasteiger partial charge >= 0.3 is 0 Å². The standard InChI is InChI=1S/C16H20N2O/c1-4-14-16(12(3)19)15(5-2)18(17-14)11-13-9-7-6-8-10-13/h6-10H,4-5,11H2,1-3H3. The van der Waals surface area contributed by atoms with Crippen LogP contribution in [0.1, 0.15) is 48.1 Å². The molecule has 2 rings (SSSR count). The first kappa shape index (κ1) is 13.5. The van der Waals surface area contributed by atoms with Gasteiger partial charge in [0.25, 0.3) is 0 Å². The van der Waals surface area contributed by atoms with E-state index in [2.05, 4.69) is 24.2 Å². The normalized spacial score (nSPS) is 10.7. The Balaban J connectivity index is 2.43. The maximum atomic E-state index is 11.8. The third kappa shape index (κ3) is 2.75. The zero-order valence-electron chi connectivity index (χ0n) is 11.8. The van der Waals surface area contributed by atoms with Crippen molar-refractivity contribution in [1.82, 2.24) is 9.78 Å². The van der Waals surface area contributed by atoms with Crippen molar-refractivity contribution in [3.05, 3.63) is 52.8 Å². The van der Waals surface area contributed by atoms with Crippen LogP contribution < -0.4 is 0 Å². The summed E-state index contributed by atoms with van der Waals surface area (Å²) in [7, 11) is 0. The Hall–Kier alpha value is -1.90. The maximum Gasteiger partial charge on any atom is 0.163 e. The first-order chi connectivity index (χ1) is 9.17. The summed E-state index contributed by atoms with van der Waals surface area (Å²) < 4.78 is 1.98. The Morgan fingerprint density at radius 1 is 1.16 bits per heavy atom. The molecule has 0 aliphatic rings. The molecular weight excluding hydrogens is 236 g/mol. The number of hydrogen-bond donors (Lipinski definition) is 0. The van der Waals surface area contributed by atoms with Crippen molar-refractivity contribution in [2.24, 2.45) is 0 Å². The summed E-state index contributed by atoms with van der Waals surface area (Å²) in [6, 6.07) is 10.2. The van der Waals surface area contributed by atoms with E-state index in [0.717, 1.165) is 36.3 Å². The summed E-state index contributed by atoms with van der Waals surface area (Å²) >= 11 is 0. The third-order valence-electron chi connectivity index (χ3n) is 3.33. The molecule has 1 aromatic carbocycles. The zero-order valence-corrected chi connectivity index (χ0v) is 11.8. The number of rotatable bonds is 5. The average Bonchev–Trinajstić information content (AvgIpc) is 2.77. The Labute approximate surface area is 114 Å². The van der Waals surface area contributed by atoms with Crippen molar-refractivity contribution in [1.29, 1.82) is 0 Å². The minimum atomic E-state index is 0.119. The van der Waals surface area contributed by atoms with E-state index in [9.17, 15) is 4.79 Å². The Bertz CT molecular complexity index is 570. The number of benzene rings is 1. The molecule has 1 aromatic heterocycles. The summed E-state index contributed by atoms with van der Waals surface area (Å²) in [5.74, 6) is 0.119. The lowest BCUT2D eigenvalue weighted by molar-refractivity contribution is 0.101. The maximum absolute atomic E-state index is 11.8. The van der Waals surface area contributed by atoms with Gasteiger partial charge in [0.1, 0.15) is 0 Å². The minimum Gasteiger partial charge on any atom is -0.294 e. The van der Waals surface area contributed by atoms with Crippen molar-refractivity contribution < 1.29 is 4.79 Å². The van der Waals surface area contributed by atoms with E-state index >= 15 is 0 Å². The van der Waals surface area contributed by atoms with Crippen LogP contribution >= 0.6 is 0 Å². The average molecular weight is 256 g/mol. The number of Topliss-reactive ketones (excluding diaryl/α,β-unsaturated/α-hetero) is 1. The first-order valence-corrected chi connectivity index (χ1v) is 6.80. The largest absolute Gasteiger partial charge is 0.294 e. The van der Waals surface area contributed by atoms with Crippen molar-refractivity contribution in [3.63, 3.8) is 0 Å². The Kier molecular flexibility index (Phi) is 4.15. The van der Waals surface area contributed by atoms with Gasteiger partial charge in [0.05, 0.1) is 17.8 Å². The molecule has 0 aliphatic carbocycles. The molecule has 3 heteroatoms. The van der Waals surface area contributed by atoms with Gasteiger partial charge in [-0.15, -0.1) is 0 Å². The van der Waals surface area contributed by atoms with Gasteiger partial charge in [0.15, 0.2) is 5.78 Å². The van der Waals surface area contributed by atoms with E-state index < -0.39 is 0 Å². The monoisotopic (exact) mass is 256 g/mol. The first-order valence-electron chi connectivity index (χ1n) is 6.80. The molecule has 0 atom stereocenters. The van der Waals surface area contributed by atoms with Gasteiger partial charge < -0.3 is 0 Å². The molecule has 0 saturated heterocycles.